The van der Waals surface area contributed by atoms with Crippen molar-refractivity contribution < 1.29 is 19.0 Å². The second-order valence-corrected chi connectivity index (χ2v) is 12.1. The number of nitrogens with zero attached hydrogens (tertiary/aromatic N) is 1. The van der Waals surface area contributed by atoms with Crippen LogP contribution in [0.5, 0.6) is 11.5 Å². The Bertz CT molecular complexity index is 1490. The summed E-state index contributed by atoms with van der Waals surface area (Å²) >= 11 is 0. The van der Waals surface area contributed by atoms with Crippen molar-refractivity contribution in [3.8, 4) is 11.5 Å². The van der Waals surface area contributed by atoms with Crippen LogP contribution in [-0.4, -0.2) is 37.2 Å². The third kappa shape index (κ3) is 9.44. The lowest BCUT2D eigenvalue weighted by atomic mass is 9.87. The van der Waals surface area contributed by atoms with Gasteiger partial charge in [0.25, 0.3) is 0 Å². The Hall–Kier alpha value is -4.13. The molecule has 0 saturated heterocycles. The molecular formula is C40H48N2O4. The Labute approximate surface area is 274 Å². The van der Waals surface area contributed by atoms with Gasteiger partial charge < -0.3 is 14.2 Å². The fraction of sp³-hybridized carbons (Fsp3) is 0.375. The molecule has 0 radical (unpaired) electrons. The van der Waals surface area contributed by atoms with Gasteiger partial charge in [-0.2, -0.15) is 0 Å². The summed E-state index contributed by atoms with van der Waals surface area (Å²) in [6, 6.07) is 33.1. The van der Waals surface area contributed by atoms with E-state index in [0.717, 1.165) is 61.4 Å². The van der Waals surface area contributed by atoms with Crippen molar-refractivity contribution in [3.63, 3.8) is 0 Å². The van der Waals surface area contributed by atoms with Crippen molar-refractivity contribution in [2.24, 2.45) is 0 Å². The molecule has 1 N–H and O–H groups in total. The van der Waals surface area contributed by atoms with Crippen molar-refractivity contribution in [3.05, 3.63) is 130 Å². The molecule has 0 heterocycles. The molecule has 0 bridgehead atoms. The fourth-order valence-corrected chi connectivity index (χ4v) is 6.15. The number of benzene rings is 4. The van der Waals surface area contributed by atoms with E-state index < -0.39 is 0 Å². The molecule has 1 atom stereocenters. The highest BCUT2D eigenvalue weighted by molar-refractivity contribution is 5.89. The maximum atomic E-state index is 11.8. The first kappa shape index (κ1) is 33.2. The zero-order valence-electron chi connectivity index (χ0n) is 27.4. The quantitative estimate of drug-likeness (QED) is 0.0731. The summed E-state index contributed by atoms with van der Waals surface area (Å²) in [5.41, 5.74) is 10.5. The lowest BCUT2D eigenvalue weighted by Gasteiger charge is -2.36. The van der Waals surface area contributed by atoms with Crippen molar-refractivity contribution in [1.29, 1.82) is 0 Å². The molecule has 1 aliphatic rings. The highest BCUT2D eigenvalue weighted by Crippen LogP contribution is 2.39. The molecule has 46 heavy (non-hydrogen) atoms. The Kier molecular flexibility index (Phi) is 12.7. The van der Waals surface area contributed by atoms with Gasteiger partial charge in [0, 0.05) is 24.7 Å². The minimum absolute atomic E-state index is 0.302. The first-order valence-electron chi connectivity index (χ1n) is 16.8. The van der Waals surface area contributed by atoms with Gasteiger partial charge in [-0.15, -0.1) is 0 Å². The Balaban J connectivity index is 1.28. The summed E-state index contributed by atoms with van der Waals surface area (Å²) < 4.78 is 17.8. The monoisotopic (exact) mass is 620 g/mol. The normalized spacial score (nSPS) is 14.1. The molecule has 4 aromatic carbocycles. The van der Waals surface area contributed by atoms with Crippen LogP contribution in [-0.2, 0) is 37.2 Å². The number of hydrazine groups is 1. The third-order valence-electron chi connectivity index (χ3n) is 8.76. The van der Waals surface area contributed by atoms with E-state index in [2.05, 4.69) is 65.9 Å². The summed E-state index contributed by atoms with van der Waals surface area (Å²) in [4.78, 5) is 11.8. The lowest BCUT2D eigenvalue weighted by Crippen LogP contribution is -2.49. The van der Waals surface area contributed by atoms with Crippen LogP contribution in [0.3, 0.4) is 0 Å². The highest BCUT2D eigenvalue weighted by atomic mass is 16.5. The van der Waals surface area contributed by atoms with Crippen LogP contribution in [0, 0.1) is 0 Å². The van der Waals surface area contributed by atoms with Crippen LogP contribution < -0.4 is 14.9 Å². The van der Waals surface area contributed by atoms with Gasteiger partial charge in [0.2, 0.25) is 0 Å². The number of esters is 1. The third-order valence-corrected chi connectivity index (χ3v) is 8.76. The molecule has 6 heteroatoms. The Morgan fingerprint density at radius 1 is 0.804 bits per heavy atom. The summed E-state index contributed by atoms with van der Waals surface area (Å²) in [6.07, 6.45) is 8.75. The largest absolute Gasteiger partial charge is 0.485 e. The number of carbonyl (C=O) groups is 1. The van der Waals surface area contributed by atoms with E-state index >= 15 is 0 Å². The first-order chi connectivity index (χ1) is 22.6. The predicted octanol–water partition coefficient (Wildman–Crippen LogP) is 8.12. The molecule has 5 rings (SSSR count). The average molecular weight is 621 g/mol. The number of nitrogens with one attached hydrogen (secondary N) is 1. The van der Waals surface area contributed by atoms with Crippen LogP contribution in [0.15, 0.2) is 97.1 Å². The molecule has 1 aliphatic carbocycles. The lowest BCUT2D eigenvalue weighted by molar-refractivity contribution is 0.0600. The van der Waals surface area contributed by atoms with Gasteiger partial charge >= 0.3 is 5.97 Å². The smallest absolute Gasteiger partial charge is 0.337 e. The maximum absolute atomic E-state index is 11.8. The number of hydrogen-bond donors (Lipinski definition) is 1. The van der Waals surface area contributed by atoms with E-state index in [1.807, 2.05) is 48.5 Å². The van der Waals surface area contributed by atoms with Gasteiger partial charge in [0.1, 0.15) is 13.2 Å². The highest BCUT2D eigenvalue weighted by Gasteiger charge is 2.28. The van der Waals surface area contributed by atoms with Gasteiger partial charge in [-0.05, 0) is 72.6 Å². The van der Waals surface area contributed by atoms with E-state index in [9.17, 15) is 4.79 Å². The van der Waals surface area contributed by atoms with E-state index in [4.69, 9.17) is 14.2 Å². The molecule has 6 nitrogen and oxygen atoms in total. The molecule has 1 unspecified atom stereocenters. The van der Waals surface area contributed by atoms with Crippen LogP contribution >= 0.6 is 0 Å². The fourth-order valence-electron chi connectivity index (χ4n) is 6.15. The molecule has 0 fully saturated rings. The van der Waals surface area contributed by atoms with Gasteiger partial charge in [-0.1, -0.05) is 105 Å². The van der Waals surface area contributed by atoms with Crippen molar-refractivity contribution >= 4 is 5.97 Å². The maximum Gasteiger partial charge on any atom is 0.337 e. The molecule has 0 aliphatic heterocycles. The van der Waals surface area contributed by atoms with Crippen molar-refractivity contribution in [2.75, 3.05) is 20.2 Å². The van der Waals surface area contributed by atoms with E-state index in [0.29, 0.717) is 24.8 Å². The summed E-state index contributed by atoms with van der Waals surface area (Å²) in [5.74, 6) is 1.39. The van der Waals surface area contributed by atoms with Crippen LogP contribution in [0.1, 0.15) is 77.2 Å². The predicted molar refractivity (Wildman–Crippen MR) is 184 cm³/mol. The summed E-state index contributed by atoms with van der Waals surface area (Å²) in [7, 11) is 1.41. The number of carbonyl (C=O) groups excluding carboxylic acids is 1. The van der Waals surface area contributed by atoms with Gasteiger partial charge in [-0.25, -0.2) is 9.80 Å². The molecular weight excluding hydrogens is 572 g/mol. The minimum atomic E-state index is -0.302. The molecule has 0 saturated carbocycles. The SMILES string of the molecule is CCCCCCN(NCCc1ccc(C(=O)OC)cc1)C1CCc2c(ccc(OCc3ccccc3)c2OCc2ccccc2)C1. The van der Waals surface area contributed by atoms with Gasteiger partial charge in [0.15, 0.2) is 11.5 Å². The number of fused-ring (bicyclic) bond motifs is 1. The topological polar surface area (TPSA) is 60.0 Å². The van der Waals surface area contributed by atoms with Gasteiger partial charge in [0.05, 0.1) is 12.7 Å². The zero-order valence-corrected chi connectivity index (χ0v) is 27.4. The molecule has 242 valence electrons. The average Bonchev–Trinajstić information content (AvgIpc) is 3.11. The molecule has 4 aromatic rings. The number of methoxy groups -OCH3 is 1. The first-order valence-corrected chi connectivity index (χ1v) is 16.8. The second kappa shape index (κ2) is 17.5. The standard InChI is InChI=1S/C40H48N2O4/c1-3-4-5-12-27-42(41-26-25-31-17-19-34(20-18-31)40(43)44-2)36-22-23-37-35(28-36)21-24-38(45-29-32-13-8-6-9-14-32)39(37)46-30-33-15-10-7-11-16-33/h6-11,13-21,24,36,41H,3-5,12,22-23,25-30H2,1-2H3. The van der Waals surface area contributed by atoms with Crippen LogP contribution in [0.25, 0.3) is 0 Å². The Morgan fingerprint density at radius 2 is 1.50 bits per heavy atom. The summed E-state index contributed by atoms with van der Waals surface area (Å²) in [6.45, 7) is 5.14. The Morgan fingerprint density at radius 3 is 2.17 bits per heavy atom. The molecule has 0 aromatic heterocycles. The van der Waals surface area contributed by atoms with E-state index in [1.54, 1.807) is 0 Å². The molecule has 0 spiro atoms. The van der Waals surface area contributed by atoms with E-state index in [1.165, 1.54) is 49.5 Å². The van der Waals surface area contributed by atoms with Crippen LogP contribution in [0.4, 0.5) is 0 Å². The zero-order chi connectivity index (χ0) is 32.0. The van der Waals surface area contributed by atoms with Crippen molar-refractivity contribution in [1.82, 2.24) is 10.4 Å². The van der Waals surface area contributed by atoms with Crippen molar-refractivity contribution in [2.45, 2.75) is 77.5 Å². The number of ether oxygens (including phenoxy) is 3. The minimum Gasteiger partial charge on any atom is -0.485 e. The summed E-state index contributed by atoms with van der Waals surface area (Å²) in [5, 5.41) is 2.49. The molecule has 0 amide bonds. The second-order valence-electron chi connectivity index (χ2n) is 12.1. The van der Waals surface area contributed by atoms with Gasteiger partial charge in [-0.3, -0.25) is 5.43 Å². The van der Waals surface area contributed by atoms with Crippen LogP contribution in [0.2, 0.25) is 0 Å². The number of hydrogen-bond acceptors (Lipinski definition) is 6. The van der Waals surface area contributed by atoms with E-state index in [-0.39, 0.29) is 5.97 Å². The number of rotatable bonds is 17. The number of unbranched alkanes of at least 4 members (excludes halogenated alkanes) is 3.